The van der Waals surface area contributed by atoms with Crippen molar-refractivity contribution in [3.8, 4) is 0 Å². The van der Waals surface area contributed by atoms with Crippen molar-refractivity contribution in [1.82, 2.24) is 4.90 Å². The molecule has 23 heavy (non-hydrogen) atoms. The molecule has 4 heteroatoms. The van der Waals surface area contributed by atoms with Crippen LogP contribution in [-0.2, 0) is 10.3 Å². The van der Waals surface area contributed by atoms with Crippen molar-refractivity contribution < 1.29 is 14.3 Å². The minimum Gasteiger partial charge on any atom is -0.365 e. The maximum Gasteiger partial charge on any atom is 0.261 e. The molecular formula is C19H17NO3. The van der Waals surface area contributed by atoms with Gasteiger partial charge in [-0.15, -0.1) is 0 Å². The molecule has 0 saturated carbocycles. The van der Waals surface area contributed by atoms with Gasteiger partial charge in [0, 0.05) is 6.54 Å². The van der Waals surface area contributed by atoms with Crippen LogP contribution >= 0.6 is 0 Å². The summed E-state index contributed by atoms with van der Waals surface area (Å²) < 4.78 is 5.67. The number of nitrogens with zero attached hydrogens (tertiary/aromatic N) is 1. The average molecular weight is 307 g/mol. The first-order valence-electron chi connectivity index (χ1n) is 7.86. The van der Waals surface area contributed by atoms with E-state index < -0.39 is 0 Å². The average Bonchev–Trinajstić information content (AvgIpc) is 3.35. The van der Waals surface area contributed by atoms with E-state index in [4.69, 9.17) is 4.74 Å². The van der Waals surface area contributed by atoms with Crippen molar-refractivity contribution in [2.45, 2.75) is 18.4 Å². The van der Waals surface area contributed by atoms with Gasteiger partial charge in [0.25, 0.3) is 11.8 Å². The Bertz CT molecular complexity index is 730. The van der Waals surface area contributed by atoms with Gasteiger partial charge in [-0.2, -0.15) is 0 Å². The van der Waals surface area contributed by atoms with Crippen LogP contribution in [-0.4, -0.2) is 29.9 Å². The molecule has 2 aromatic rings. The normalized spacial score (nSPS) is 22.3. The lowest BCUT2D eigenvalue weighted by molar-refractivity contribution is 0.0647. The van der Waals surface area contributed by atoms with Crippen LogP contribution in [0.3, 0.4) is 0 Å². The van der Waals surface area contributed by atoms with Crippen LogP contribution in [0.15, 0.2) is 54.6 Å². The van der Waals surface area contributed by atoms with Crippen molar-refractivity contribution in [1.29, 1.82) is 0 Å². The number of hydrogen-bond donors (Lipinski definition) is 0. The van der Waals surface area contributed by atoms with Gasteiger partial charge in [0.05, 0.1) is 17.7 Å². The molecule has 1 fully saturated rings. The Morgan fingerprint density at radius 2 is 1.48 bits per heavy atom. The highest BCUT2D eigenvalue weighted by molar-refractivity contribution is 6.21. The van der Waals surface area contributed by atoms with Crippen molar-refractivity contribution in [2.24, 2.45) is 0 Å². The number of fused-ring (bicyclic) bond motifs is 1. The molecule has 0 bridgehead atoms. The van der Waals surface area contributed by atoms with E-state index in [2.05, 4.69) is 12.1 Å². The first-order chi connectivity index (χ1) is 11.2. The first kappa shape index (κ1) is 14.2. The predicted molar refractivity (Wildman–Crippen MR) is 85.1 cm³/mol. The summed E-state index contributed by atoms with van der Waals surface area (Å²) in [5.41, 5.74) is 1.97. The summed E-state index contributed by atoms with van der Waals surface area (Å²) in [6, 6.07) is 17.1. The first-order valence-corrected chi connectivity index (χ1v) is 7.86. The second-order valence-electron chi connectivity index (χ2n) is 6.06. The van der Waals surface area contributed by atoms with Gasteiger partial charge in [-0.1, -0.05) is 42.5 Å². The third-order valence-corrected chi connectivity index (χ3v) is 4.63. The van der Waals surface area contributed by atoms with E-state index in [1.807, 2.05) is 18.2 Å². The topological polar surface area (TPSA) is 49.9 Å². The SMILES string of the molecule is O=C1c2ccccc2C(=O)N1CCCC1(c2ccccc2)CO1. The molecule has 0 aliphatic carbocycles. The zero-order valence-corrected chi connectivity index (χ0v) is 12.7. The number of amides is 2. The summed E-state index contributed by atoms with van der Waals surface area (Å²) in [6.45, 7) is 1.14. The quantitative estimate of drug-likeness (QED) is 0.630. The standard InChI is InChI=1S/C19H17NO3/c21-17-15-9-4-5-10-16(15)18(22)20(17)12-6-11-19(13-23-19)14-7-2-1-3-8-14/h1-5,7-10H,6,11-13H2. The van der Waals surface area contributed by atoms with Crippen LogP contribution in [0.5, 0.6) is 0 Å². The highest BCUT2D eigenvalue weighted by Gasteiger charge is 2.46. The molecule has 2 aliphatic heterocycles. The molecule has 4 rings (SSSR count). The number of ether oxygens (including phenoxy) is 1. The summed E-state index contributed by atoms with van der Waals surface area (Å²) in [4.78, 5) is 26.0. The maximum absolute atomic E-state index is 12.3. The van der Waals surface area contributed by atoms with Gasteiger partial charge < -0.3 is 4.74 Å². The summed E-state index contributed by atoms with van der Waals surface area (Å²) in [7, 11) is 0. The molecule has 2 heterocycles. The lowest BCUT2D eigenvalue weighted by Gasteiger charge is -2.16. The number of epoxide rings is 1. The molecule has 1 unspecified atom stereocenters. The third kappa shape index (κ3) is 2.35. The Balaban J connectivity index is 1.42. The van der Waals surface area contributed by atoms with Crippen LogP contribution in [0.25, 0.3) is 0 Å². The number of rotatable bonds is 5. The Labute approximate surface area is 134 Å². The van der Waals surface area contributed by atoms with Gasteiger partial charge in [-0.3, -0.25) is 14.5 Å². The summed E-state index contributed by atoms with van der Waals surface area (Å²) in [5, 5.41) is 0. The fourth-order valence-corrected chi connectivity index (χ4v) is 3.25. The zero-order chi connectivity index (χ0) is 15.9. The second kappa shape index (κ2) is 5.32. The Kier molecular flexibility index (Phi) is 3.27. The Morgan fingerprint density at radius 1 is 0.913 bits per heavy atom. The van der Waals surface area contributed by atoms with Crippen LogP contribution < -0.4 is 0 Å². The van der Waals surface area contributed by atoms with Crippen LogP contribution in [0.1, 0.15) is 39.1 Å². The van der Waals surface area contributed by atoms with Crippen molar-refractivity contribution in [3.05, 3.63) is 71.3 Å². The van der Waals surface area contributed by atoms with Crippen molar-refractivity contribution in [2.75, 3.05) is 13.2 Å². The van der Waals surface area contributed by atoms with Crippen LogP contribution in [0.4, 0.5) is 0 Å². The molecule has 0 radical (unpaired) electrons. The van der Waals surface area contributed by atoms with E-state index >= 15 is 0 Å². The fraction of sp³-hybridized carbons (Fsp3) is 0.263. The molecule has 1 atom stereocenters. The number of carbonyl (C=O) groups excluding carboxylic acids is 2. The van der Waals surface area contributed by atoms with E-state index in [0.717, 1.165) is 12.8 Å². The highest BCUT2D eigenvalue weighted by atomic mass is 16.6. The van der Waals surface area contributed by atoms with Crippen LogP contribution in [0, 0.1) is 0 Å². The molecule has 2 aliphatic rings. The van der Waals surface area contributed by atoms with Crippen molar-refractivity contribution in [3.63, 3.8) is 0 Å². The lowest BCUT2D eigenvalue weighted by Crippen LogP contribution is -2.31. The monoisotopic (exact) mass is 307 g/mol. The zero-order valence-electron chi connectivity index (χ0n) is 12.7. The van der Waals surface area contributed by atoms with Crippen LogP contribution in [0.2, 0.25) is 0 Å². The van der Waals surface area contributed by atoms with E-state index in [1.54, 1.807) is 24.3 Å². The molecule has 0 aromatic heterocycles. The van der Waals surface area contributed by atoms with Gasteiger partial charge in [-0.25, -0.2) is 0 Å². The predicted octanol–water partition coefficient (Wildman–Crippen LogP) is 2.99. The molecule has 116 valence electrons. The van der Waals surface area contributed by atoms with E-state index in [9.17, 15) is 9.59 Å². The molecule has 0 spiro atoms. The van der Waals surface area contributed by atoms with Gasteiger partial charge in [0.1, 0.15) is 5.60 Å². The molecule has 0 N–H and O–H groups in total. The number of hydrogen-bond acceptors (Lipinski definition) is 3. The van der Waals surface area contributed by atoms with E-state index in [-0.39, 0.29) is 17.4 Å². The molecule has 1 saturated heterocycles. The fourth-order valence-electron chi connectivity index (χ4n) is 3.25. The summed E-state index contributed by atoms with van der Waals surface area (Å²) >= 11 is 0. The lowest BCUT2D eigenvalue weighted by atomic mass is 9.95. The molecular weight excluding hydrogens is 290 g/mol. The van der Waals surface area contributed by atoms with Gasteiger partial charge in [0.15, 0.2) is 0 Å². The van der Waals surface area contributed by atoms with E-state index in [1.165, 1.54) is 10.5 Å². The number of imide groups is 1. The molecule has 2 amide bonds. The molecule has 2 aromatic carbocycles. The number of benzene rings is 2. The number of carbonyl (C=O) groups is 2. The van der Waals surface area contributed by atoms with Gasteiger partial charge in [0.2, 0.25) is 0 Å². The summed E-state index contributed by atoms with van der Waals surface area (Å²) in [6.07, 6.45) is 1.55. The summed E-state index contributed by atoms with van der Waals surface area (Å²) in [5.74, 6) is -0.368. The smallest absolute Gasteiger partial charge is 0.261 e. The Hall–Kier alpha value is -2.46. The van der Waals surface area contributed by atoms with E-state index in [0.29, 0.717) is 24.3 Å². The molecule has 4 nitrogen and oxygen atoms in total. The highest BCUT2D eigenvalue weighted by Crippen LogP contribution is 2.42. The minimum absolute atomic E-state index is 0.184. The third-order valence-electron chi connectivity index (χ3n) is 4.63. The largest absolute Gasteiger partial charge is 0.365 e. The van der Waals surface area contributed by atoms with Gasteiger partial charge in [-0.05, 0) is 30.5 Å². The second-order valence-corrected chi connectivity index (χ2v) is 6.06. The van der Waals surface area contributed by atoms with Crippen molar-refractivity contribution >= 4 is 11.8 Å². The Morgan fingerprint density at radius 3 is 2.04 bits per heavy atom. The van der Waals surface area contributed by atoms with Gasteiger partial charge >= 0.3 is 0 Å². The minimum atomic E-state index is -0.222. The maximum atomic E-state index is 12.3.